The van der Waals surface area contributed by atoms with Crippen molar-refractivity contribution < 1.29 is 13.2 Å². The van der Waals surface area contributed by atoms with E-state index < -0.39 is 14.6 Å². The summed E-state index contributed by atoms with van der Waals surface area (Å²) in [7, 11) is -3.06. The van der Waals surface area contributed by atoms with Crippen LogP contribution >= 0.6 is 11.3 Å². The summed E-state index contributed by atoms with van der Waals surface area (Å²) in [5.41, 5.74) is 1.04. The minimum atomic E-state index is -3.06. The highest BCUT2D eigenvalue weighted by molar-refractivity contribution is 7.92. The minimum Gasteiger partial charge on any atom is -0.353 e. The molecule has 3 fully saturated rings. The van der Waals surface area contributed by atoms with E-state index in [-0.39, 0.29) is 23.6 Å². The van der Waals surface area contributed by atoms with Gasteiger partial charge in [-0.2, -0.15) is 0 Å². The third-order valence-corrected chi connectivity index (χ3v) is 9.56. The van der Waals surface area contributed by atoms with Crippen LogP contribution in [0, 0.1) is 18.8 Å². The molecule has 1 amide bonds. The number of sulfone groups is 1. The van der Waals surface area contributed by atoms with Crippen molar-refractivity contribution >= 4 is 27.1 Å². The Balaban J connectivity index is 1.28. The van der Waals surface area contributed by atoms with Gasteiger partial charge in [0.1, 0.15) is 5.01 Å². The highest BCUT2D eigenvalue weighted by Gasteiger charge is 2.56. The van der Waals surface area contributed by atoms with Crippen LogP contribution in [0.1, 0.15) is 49.2 Å². The summed E-state index contributed by atoms with van der Waals surface area (Å²) in [5.74, 6) is 0.906. The molecule has 0 bridgehead atoms. The minimum absolute atomic E-state index is 0.0267. The molecule has 1 aromatic heterocycles. The lowest BCUT2D eigenvalue weighted by Gasteiger charge is -2.51. The van der Waals surface area contributed by atoms with Crippen molar-refractivity contribution in [3.63, 3.8) is 0 Å². The quantitative estimate of drug-likeness (QED) is 0.764. The zero-order chi connectivity index (χ0) is 18.4. The van der Waals surface area contributed by atoms with Crippen molar-refractivity contribution in [1.29, 1.82) is 0 Å². The molecule has 1 aliphatic heterocycles. The molecule has 144 valence electrons. The Bertz CT molecular complexity index is 779. The molecule has 1 unspecified atom stereocenters. The van der Waals surface area contributed by atoms with E-state index in [2.05, 4.69) is 15.6 Å². The van der Waals surface area contributed by atoms with Crippen LogP contribution in [0.3, 0.4) is 0 Å². The Morgan fingerprint density at radius 2 is 2.08 bits per heavy atom. The molecule has 2 aliphatic carbocycles. The second kappa shape index (κ2) is 6.87. The van der Waals surface area contributed by atoms with Gasteiger partial charge in [-0.1, -0.05) is 0 Å². The molecular weight excluding hydrogens is 370 g/mol. The molecule has 1 atom stereocenters. The van der Waals surface area contributed by atoms with Crippen LogP contribution in [0.2, 0.25) is 0 Å². The summed E-state index contributed by atoms with van der Waals surface area (Å²) in [5, 5.41) is 9.63. The number of nitrogens with one attached hydrogen (secondary N) is 2. The summed E-state index contributed by atoms with van der Waals surface area (Å²) in [4.78, 5) is 16.5. The van der Waals surface area contributed by atoms with Gasteiger partial charge in [-0.3, -0.25) is 4.79 Å². The van der Waals surface area contributed by atoms with E-state index in [9.17, 15) is 13.2 Å². The van der Waals surface area contributed by atoms with Gasteiger partial charge in [-0.05, 0) is 57.9 Å². The maximum atomic E-state index is 12.7. The van der Waals surface area contributed by atoms with Crippen LogP contribution in [0.15, 0.2) is 5.38 Å². The molecular formula is C18H27N3O3S2. The zero-order valence-corrected chi connectivity index (χ0v) is 16.8. The van der Waals surface area contributed by atoms with E-state index in [0.29, 0.717) is 18.8 Å². The van der Waals surface area contributed by atoms with Crippen molar-refractivity contribution in [2.45, 2.75) is 62.8 Å². The van der Waals surface area contributed by atoms with E-state index in [4.69, 9.17) is 0 Å². The fourth-order valence-corrected chi connectivity index (χ4v) is 7.61. The Morgan fingerprint density at radius 1 is 1.31 bits per heavy atom. The van der Waals surface area contributed by atoms with E-state index in [0.717, 1.165) is 49.5 Å². The predicted molar refractivity (Wildman–Crippen MR) is 102 cm³/mol. The summed E-state index contributed by atoms with van der Waals surface area (Å²) < 4.78 is 24.7. The van der Waals surface area contributed by atoms with Gasteiger partial charge >= 0.3 is 0 Å². The summed E-state index contributed by atoms with van der Waals surface area (Å²) in [6.45, 7) is 3.56. The van der Waals surface area contributed by atoms with Crippen molar-refractivity contribution in [3.05, 3.63) is 16.1 Å². The number of hydrogen-bond acceptors (Lipinski definition) is 6. The number of aryl methyl sites for hydroxylation is 1. The number of nitrogens with zero attached hydrogens (tertiary/aromatic N) is 1. The topological polar surface area (TPSA) is 88.2 Å². The molecule has 4 rings (SSSR count). The molecule has 2 heterocycles. The normalized spacial score (nSPS) is 33.0. The molecule has 1 aromatic rings. The molecule has 6 nitrogen and oxygen atoms in total. The first-order valence-corrected chi connectivity index (χ1v) is 12.0. The molecule has 8 heteroatoms. The number of hydrogen-bond donors (Lipinski definition) is 2. The lowest BCUT2D eigenvalue weighted by molar-refractivity contribution is -0.123. The van der Waals surface area contributed by atoms with Gasteiger partial charge in [-0.15, -0.1) is 11.3 Å². The molecule has 26 heavy (non-hydrogen) atoms. The predicted octanol–water partition coefficient (Wildman–Crippen LogP) is 1.79. The van der Waals surface area contributed by atoms with Crippen LogP contribution in [-0.4, -0.2) is 42.4 Å². The summed E-state index contributed by atoms with van der Waals surface area (Å²) in [6, 6.07) is 0.0267. The molecule has 1 saturated heterocycles. The Labute approximate surface area is 159 Å². The molecule has 3 aliphatic rings. The first-order valence-electron chi connectivity index (χ1n) is 9.51. The van der Waals surface area contributed by atoms with Gasteiger partial charge < -0.3 is 10.6 Å². The van der Waals surface area contributed by atoms with Gasteiger partial charge in [0.25, 0.3) is 0 Å². The van der Waals surface area contributed by atoms with Gasteiger partial charge in [0, 0.05) is 29.6 Å². The second-order valence-electron chi connectivity index (χ2n) is 8.26. The van der Waals surface area contributed by atoms with Crippen molar-refractivity contribution in [3.8, 4) is 0 Å². The van der Waals surface area contributed by atoms with Crippen LogP contribution in [0.4, 0.5) is 0 Å². The Kier molecular flexibility index (Phi) is 4.86. The Morgan fingerprint density at radius 3 is 2.73 bits per heavy atom. The van der Waals surface area contributed by atoms with Crippen molar-refractivity contribution in [2.75, 3.05) is 12.3 Å². The van der Waals surface area contributed by atoms with Gasteiger partial charge in [0.2, 0.25) is 5.91 Å². The SMILES string of the molecule is Cc1csc(CNCC2CC3(C2)CC(NC(=O)C2CC2)CCS3(=O)=O)n1. The molecule has 0 radical (unpaired) electrons. The third-order valence-electron chi connectivity index (χ3n) is 6.00. The third kappa shape index (κ3) is 3.68. The lowest BCUT2D eigenvalue weighted by atomic mass is 9.70. The highest BCUT2D eigenvalue weighted by atomic mass is 32.2. The molecule has 2 N–H and O–H groups in total. The van der Waals surface area contributed by atoms with Gasteiger partial charge in [0.05, 0.1) is 10.5 Å². The fraction of sp³-hybridized carbons (Fsp3) is 0.778. The average Bonchev–Trinajstić information content (AvgIpc) is 3.32. The molecule has 2 saturated carbocycles. The van der Waals surface area contributed by atoms with Crippen LogP contribution in [-0.2, 0) is 21.2 Å². The number of aromatic nitrogens is 1. The molecule has 1 spiro atoms. The monoisotopic (exact) mass is 397 g/mol. The van der Waals surface area contributed by atoms with Crippen molar-refractivity contribution in [2.24, 2.45) is 11.8 Å². The van der Waals surface area contributed by atoms with E-state index in [1.54, 1.807) is 11.3 Å². The largest absolute Gasteiger partial charge is 0.353 e. The first kappa shape index (κ1) is 18.4. The fourth-order valence-electron chi connectivity index (χ4n) is 4.40. The zero-order valence-electron chi connectivity index (χ0n) is 15.2. The van der Waals surface area contributed by atoms with Gasteiger partial charge in [-0.25, -0.2) is 13.4 Å². The van der Waals surface area contributed by atoms with Crippen molar-refractivity contribution in [1.82, 2.24) is 15.6 Å². The Hall–Kier alpha value is -0.990. The summed E-state index contributed by atoms with van der Waals surface area (Å²) >= 11 is 1.65. The number of carbonyl (C=O) groups excluding carboxylic acids is 1. The van der Waals surface area contributed by atoms with Crippen LogP contribution in [0.25, 0.3) is 0 Å². The number of rotatable bonds is 6. The number of carbonyl (C=O) groups is 1. The smallest absolute Gasteiger partial charge is 0.223 e. The standard InChI is InChI=1S/C18H27N3O3S2/c1-12-11-25-16(20-12)10-19-9-13-6-18(7-13)8-15(4-5-26(18,23)24)21-17(22)14-2-3-14/h11,13-15,19H,2-10H2,1H3,(H,21,22). The maximum Gasteiger partial charge on any atom is 0.223 e. The second-order valence-corrected chi connectivity index (χ2v) is 11.7. The van der Waals surface area contributed by atoms with Gasteiger partial charge in [0.15, 0.2) is 9.84 Å². The maximum absolute atomic E-state index is 12.7. The average molecular weight is 398 g/mol. The van der Waals surface area contributed by atoms with E-state index >= 15 is 0 Å². The van der Waals surface area contributed by atoms with E-state index in [1.165, 1.54) is 0 Å². The van der Waals surface area contributed by atoms with Crippen LogP contribution < -0.4 is 10.6 Å². The number of amides is 1. The van der Waals surface area contributed by atoms with E-state index in [1.807, 2.05) is 12.3 Å². The van der Waals surface area contributed by atoms with Crippen LogP contribution in [0.5, 0.6) is 0 Å². The first-order chi connectivity index (χ1) is 12.4. The number of thiazole rings is 1. The molecule has 0 aromatic carbocycles. The highest BCUT2D eigenvalue weighted by Crippen LogP contribution is 2.50. The summed E-state index contributed by atoms with van der Waals surface area (Å²) in [6.07, 6.45) is 4.55. The lowest BCUT2D eigenvalue weighted by Crippen LogP contribution is -2.60.